The number of carbonyl (C=O) groups excluding carboxylic acids is 2. The van der Waals surface area contributed by atoms with Crippen molar-refractivity contribution in [1.29, 1.82) is 0 Å². The van der Waals surface area contributed by atoms with E-state index in [1.165, 1.54) is 0 Å². The van der Waals surface area contributed by atoms with Crippen molar-refractivity contribution in [2.24, 2.45) is 0 Å². The summed E-state index contributed by atoms with van der Waals surface area (Å²) >= 11 is 0. The molecular weight excluding hydrogens is 272 g/mol. The van der Waals surface area contributed by atoms with Crippen molar-refractivity contribution < 1.29 is 9.59 Å². The van der Waals surface area contributed by atoms with Gasteiger partial charge in [-0.15, -0.1) is 0 Å². The molecule has 0 heterocycles. The van der Waals surface area contributed by atoms with Gasteiger partial charge in [-0.05, 0) is 54.2 Å². The second-order valence-corrected chi connectivity index (χ2v) is 6.74. The van der Waals surface area contributed by atoms with Crippen molar-refractivity contribution in [3.63, 3.8) is 0 Å². The van der Waals surface area contributed by atoms with Crippen molar-refractivity contribution in [1.82, 2.24) is 0 Å². The topological polar surface area (TPSA) is 34.1 Å². The molecule has 0 spiro atoms. The van der Waals surface area contributed by atoms with Gasteiger partial charge in [0, 0.05) is 16.7 Å². The number of ketones is 1. The molecule has 0 unspecified atom stereocenters. The van der Waals surface area contributed by atoms with Crippen molar-refractivity contribution in [3.05, 3.63) is 69.8 Å². The first-order chi connectivity index (χ1) is 10.2. The molecule has 2 aromatic carbocycles. The van der Waals surface area contributed by atoms with Crippen LogP contribution in [0.1, 0.15) is 58.9 Å². The predicted octanol–water partition coefficient (Wildman–Crippen LogP) is 4.29. The second-order valence-electron chi connectivity index (χ2n) is 6.74. The summed E-state index contributed by atoms with van der Waals surface area (Å²) in [4.78, 5) is 24.0. The Labute approximate surface area is 132 Å². The van der Waals surface area contributed by atoms with E-state index in [1.54, 1.807) is 6.07 Å². The van der Waals surface area contributed by atoms with E-state index in [1.807, 2.05) is 50.5 Å². The van der Waals surface area contributed by atoms with Gasteiger partial charge < -0.3 is 0 Å². The monoisotopic (exact) mass is 293 g/mol. The van der Waals surface area contributed by atoms with E-state index < -0.39 is 0 Å². The number of benzene rings is 2. The van der Waals surface area contributed by atoms with Crippen LogP contribution in [0.15, 0.2) is 36.4 Å². The highest BCUT2D eigenvalue weighted by Gasteiger charge is 2.20. The average Bonchev–Trinajstić information content (AvgIpc) is 2.47. The molecule has 0 fully saturated rings. The van der Waals surface area contributed by atoms with Gasteiger partial charge in [0.05, 0.1) is 0 Å². The van der Waals surface area contributed by atoms with E-state index in [2.05, 4.69) is 20.8 Å². The quantitative estimate of drug-likeness (QED) is 0.791. The normalized spacial score (nSPS) is 11.3. The molecule has 0 aliphatic carbocycles. The van der Waals surface area contributed by atoms with Gasteiger partial charge in [-0.25, -0.2) is 0 Å². The third-order valence-corrected chi connectivity index (χ3v) is 4.01. The summed E-state index contributed by atoms with van der Waals surface area (Å²) in [6.45, 7) is 10.2. The van der Waals surface area contributed by atoms with Crippen LogP contribution in [0.2, 0.25) is 0 Å². The molecule has 0 saturated carbocycles. The van der Waals surface area contributed by atoms with Gasteiger partial charge in [-0.3, -0.25) is 9.59 Å². The van der Waals surface area contributed by atoms with Gasteiger partial charge in [-0.2, -0.15) is 0 Å². The molecule has 0 saturated heterocycles. The van der Waals surface area contributed by atoms with Crippen LogP contribution in [0.25, 0.3) is 0 Å². The third-order valence-electron chi connectivity index (χ3n) is 4.01. The van der Waals surface area contributed by atoms with E-state index in [0.29, 0.717) is 16.7 Å². The molecule has 0 aliphatic rings. The van der Waals surface area contributed by atoms with Crippen LogP contribution in [0.3, 0.4) is 0 Å². The van der Waals surface area contributed by atoms with Gasteiger partial charge in [0.1, 0.15) is 0 Å². The highest BCUT2D eigenvalue weighted by atomic mass is 16.1. The first-order valence-electron chi connectivity index (χ1n) is 7.38. The Morgan fingerprint density at radius 2 is 1.64 bits per heavy atom. The van der Waals surface area contributed by atoms with Gasteiger partial charge in [0.15, 0.2) is 5.78 Å². The Kier molecular flexibility index (Phi) is 4.32. The Hall–Kier alpha value is -2.22. The number of carbonyl (C=O) groups is 1. The first-order valence-corrected chi connectivity index (χ1v) is 7.38. The fourth-order valence-electron chi connectivity index (χ4n) is 2.33. The minimum atomic E-state index is -0.132. The molecule has 2 rings (SSSR count). The largest absolute Gasteiger partial charge is 0.289 e. The average molecular weight is 293 g/mol. The molecule has 113 valence electrons. The summed E-state index contributed by atoms with van der Waals surface area (Å²) in [7, 11) is 0. The minimum absolute atomic E-state index is 0.0837. The van der Waals surface area contributed by atoms with Crippen LogP contribution in [0.4, 0.5) is 0 Å². The molecule has 1 radical (unpaired) electrons. The van der Waals surface area contributed by atoms with Crippen LogP contribution < -0.4 is 0 Å². The molecule has 2 nitrogen and oxygen atoms in total. The van der Waals surface area contributed by atoms with E-state index >= 15 is 0 Å². The predicted molar refractivity (Wildman–Crippen MR) is 89.3 cm³/mol. The van der Waals surface area contributed by atoms with Crippen molar-refractivity contribution in [3.8, 4) is 0 Å². The fourth-order valence-corrected chi connectivity index (χ4v) is 2.33. The van der Waals surface area contributed by atoms with Crippen LogP contribution in [0.5, 0.6) is 0 Å². The zero-order valence-corrected chi connectivity index (χ0v) is 13.8. The van der Waals surface area contributed by atoms with Crippen LogP contribution in [0, 0.1) is 13.8 Å². The summed E-state index contributed by atoms with van der Waals surface area (Å²) in [5.41, 5.74) is 4.49. The van der Waals surface area contributed by atoms with Gasteiger partial charge in [0.2, 0.25) is 6.29 Å². The van der Waals surface area contributed by atoms with E-state index in [4.69, 9.17) is 0 Å². The summed E-state index contributed by atoms with van der Waals surface area (Å²) in [6, 6.07) is 11.0. The number of hydrogen-bond donors (Lipinski definition) is 0. The fraction of sp³-hybridized carbons (Fsp3) is 0.300. The Morgan fingerprint density at radius 1 is 0.955 bits per heavy atom. The molecule has 0 bridgehead atoms. The second kappa shape index (κ2) is 5.88. The maximum absolute atomic E-state index is 12.8. The summed E-state index contributed by atoms with van der Waals surface area (Å²) in [6.07, 6.45) is 1.88. The zero-order chi connectivity index (χ0) is 16.5. The smallest absolute Gasteiger partial charge is 0.234 e. The lowest BCUT2D eigenvalue weighted by molar-refractivity contribution is 0.103. The molecule has 0 atom stereocenters. The molecule has 2 aromatic rings. The molecule has 2 heteroatoms. The van der Waals surface area contributed by atoms with E-state index in [9.17, 15) is 9.59 Å². The molecule has 22 heavy (non-hydrogen) atoms. The number of hydrogen-bond acceptors (Lipinski definition) is 2. The Bertz CT molecular complexity index is 734. The maximum Gasteiger partial charge on any atom is 0.234 e. The Morgan fingerprint density at radius 3 is 2.18 bits per heavy atom. The summed E-state index contributed by atoms with van der Waals surface area (Å²) < 4.78 is 0. The van der Waals surface area contributed by atoms with Gasteiger partial charge >= 0.3 is 0 Å². The Balaban J connectivity index is 2.56. The summed E-state index contributed by atoms with van der Waals surface area (Å²) in [5, 5.41) is 0. The van der Waals surface area contributed by atoms with Crippen LogP contribution in [-0.2, 0) is 10.2 Å². The lowest BCUT2D eigenvalue weighted by Gasteiger charge is -2.20. The molecule has 0 N–H and O–H groups in total. The molecule has 0 amide bonds. The first kappa shape index (κ1) is 16.2. The van der Waals surface area contributed by atoms with Crippen LogP contribution in [-0.4, -0.2) is 12.1 Å². The zero-order valence-electron chi connectivity index (χ0n) is 13.8. The van der Waals surface area contributed by atoms with E-state index in [-0.39, 0.29) is 11.2 Å². The lowest BCUT2D eigenvalue weighted by atomic mass is 9.84. The number of aryl methyl sites for hydroxylation is 2. The molecule has 0 aromatic heterocycles. The highest BCUT2D eigenvalue weighted by molar-refractivity contribution is 6.13. The van der Waals surface area contributed by atoms with E-state index in [0.717, 1.165) is 16.7 Å². The van der Waals surface area contributed by atoms with Crippen molar-refractivity contribution in [2.45, 2.75) is 40.0 Å². The minimum Gasteiger partial charge on any atom is -0.289 e. The van der Waals surface area contributed by atoms with Crippen LogP contribution >= 0.6 is 0 Å². The maximum atomic E-state index is 12.8. The number of rotatable bonds is 3. The molecule has 0 aliphatic heterocycles. The van der Waals surface area contributed by atoms with Crippen molar-refractivity contribution >= 4 is 12.1 Å². The van der Waals surface area contributed by atoms with Gasteiger partial charge in [-0.1, -0.05) is 39.0 Å². The summed E-state index contributed by atoms with van der Waals surface area (Å²) in [5.74, 6) is -0.132. The SMILES string of the molecule is Cc1ccc(C(=O)c2cc(C(C)(C)C)ccc2[C]=O)cc1C. The third kappa shape index (κ3) is 3.16. The van der Waals surface area contributed by atoms with Crippen molar-refractivity contribution in [2.75, 3.05) is 0 Å². The van der Waals surface area contributed by atoms with Gasteiger partial charge in [0.25, 0.3) is 0 Å². The molecular formula is C20H21O2. The highest BCUT2D eigenvalue weighted by Crippen LogP contribution is 2.26. The lowest BCUT2D eigenvalue weighted by Crippen LogP contribution is -2.14. The standard InChI is InChI=1S/C20H21O2/c1-13-6-7-15(10-14(13)2)19(22)18-11-17(20(3,4)5)9-8-16(18)12-21/h6-11H,1-5H3.